The molecule has 0 spiro atoms. The van der Waals surface area contributed by atoms with Gasteiger partial charge in [-0.3, -0.25) is 0 Å². The van der Waals surface area contributed by atoms with Gasteiger partial charge in [0.15, 0.2) is 0 Å². The highest BCUT2D eigenvalue weighted by atomic mass is 32.2. The van der Waals surface area contributed by atoms with E-state index in [9.17, 15) is 8.42 Å². The van der Waals surface area contributed by atoms with E-state index in [0.29, 0.717) is 24.8 Å². The number of piperidine rings is 1. The normalized spacial score (nSPS) is 21.2. The molecular weight excluding hydrogens is 280 g/mol. The summed E-state index contributed by atoms with van der Waals surface area (Å²) in [4.78, 5) is 0. The van der Waals surface area contributed by atoms with Gasteiger partial charge in [-0.25, -0.2) is 0 Å². The zero-order valence-electron chi connectivity index (χ0n) is 11.9. The Labute approximate surface area is 119 Å². The molecule has 8 nitrogen and oxygen atoms in total. The van der Waals surface area contributed by atoms with E-state index < -0.39 is 10.2 Å². The van der Waals surface area contributed by atoms with Crippen molar-refractivity contribution in [2.45, 2.75) is 19.4 Å². The van der Waals surface area contributed by atoms with Gasteiger partial charge in [-0.05, 0) is 32.4 Å². The number of rotatable bonds is 6. The molecule has 1 aromatic rings. The predicted octanol–water partition coefficient (Wildman–Crippen LogP) is -0.919. The van der Waals surface area contributed by atoms with Crippen molar-refractivity contribution in [2.75, 3.05) is 26.7 Å². The Morgan fingerprint density at radius 1 is 1.50 bits per heavy atom. The molecule has 9 heteroatoms. The van der Waals surface area contributed by atoms with Gasteiger partial charge in [-0.15, -0.1) is 10.2 Å². The fourth-order valence-corrected chi connectivity index (χ4v) is 3.69. The Kier molecular flexibility index (Phi) is 5.08. The fraction of sp³-hybridized carbons (Fsp3) is 0.818. The number of nitrogens with one attached hydrogen (secondary N) is 2. The first-order chi connectivity index (χ1) is 9.53. The van der Waals surface area contributed by atoms with Gasteiger partial charge < -0.3 is 9.88 Å². The third kappa shape index (κ3) is 3.75. The molecule has 0 saturated carbocycles. The minimum atomic E-state index is -3.45. The molecule has 1 aliphatic heterocycles. The summed E-state index contributed by atoms with van der Waals surface area (Å²) in [5.41, 5.74) is 0. The number of aryl methyl sites for hydroxylation is 1. The zero-order chi connectivity index (χ0) is 14.6. The Balaban J connectivity index is 1.94. The van der Waals surface area contributed by atoms with Gasteiger partial charge in [0.2, 0.25) is 0 Å². The average Bonchev–Trinajstić information content (AvgIpc) is 2.83. The highest BCUT2D eigenvalue weighted by Gasteiger charge is 2.28. The molecule has 2 heterocycles. The first-order valence-corrected chi connectivity index (χ1v) is 8.19. The van der Waals surface area contributed by atoms with Crippen molar-refractivity contribution in [3.05, 3.63) is 12.2 Å². The summed E-state index contributed by atoms with van der Waals surface area (Å²) < 4.78 is 30.4. The van der Waals surface area contributed by atoms with Crippen LogP contribution in [0.15, 0.2) is 6.33 Å². The minimum absolute atomic E-state index is 0.159. The molecule has 1 aromatic heterocycles. The summed E-state index contributed by atoms with van der Waals surface area (Å²) in [6, 6.07) is 0. The highest BCUT2D eigenvalue weighted by molar-refractivity contribution is 7.87. The van der Waals surface area contributed by atoms with E-state index in [1.807, 2.05) is 7.05 Å². The lowest BCUT2D eigenvalue weighted by molar-refractivity contribution is 0.260. The second-order valence-electron chi connectivity index (χ2n) is 5.11. The summed E-state index contributed by atoms with van der Waals surface area (Å²) >= 11 is 0. The monoisotopic (exact) mass is 302 g/mol. The van der Waals surface area contributed by atoms with E-state index in [0.717, 1.165) is 19.4 Å². The van der Waals surface area contributed by atoms with E-state index in [-0.39, 0.29) is 6.54 Å². The second-order valence-corrected chi connectivity index (χ2v) is 6.86. The van der Waals surface area contributed by atoms with Crippen molar-refractivity contribution < 1.29 is 8.42 Å². The Morgan fingerprint density at radius 3 is 2.95 bits per heavy atom. The molecule has 0 aromatic carbocycles. The van der Waals surface area contributed by atoms with Gasteiger partial charge in [0.25, 0.3) is 10.2 Å². The molecule has 0 radical (unpaired) electrons. The SMILES string of the molecule is CNCC1CCCN(S(=O)(=O)NCc2nncn2C)C1. The number of hydrogen-bond acceptors (Lipinski definition) is 5. The lowest BCUT2D eigenvalue weighted by Gasteiger charge is -2.31. The Bertz CT molecular complexity index is 527. The van der Waals surface area contributed by atoms with E-state index >= 15 is 0 Å². The molecular formula is C11H22N6O2S. The van der Waals surface area contributed by atoms with Crippen molar-refractivity contribution in [1.82, 2.24) is 29.1 Å². The fourth-order valence-electron chi connectivity index (χ4n) is 2.41. The van der Waals surface area contributed by atoms with E-state index in [2.05, 4.69) is 20.2 Å². The van der Waals surface area contributed by atoms with Gasteiger partial charge >= 0.3 is 0 Å². The van der Waals surface area contributed by atoms with Crippen LogP contribution in [0.4, 0.5) is 0 Å². The molecule has 1 saturated heterocycles. The maximum absolute atomic E-state index is 12.3. The number of nitrogens with zero attached hydrogens (tertiary/aromatic N) is 4. The van der Waals surface area contributed by atoms with Crippen LogP contribution in [0.3, 0.4) is 0 Å². The van der Waals surface area contributed by atoms with Crippen LogP contribution in [0, 0.1) is 5.92 Å². The van der Waals surface area contributed by atoms with E-state index in [4.69, 9.17) is 0 Å². The van der Waals surface area contributed by atoms with Crippen LogP contribution in [-0.4, -0.2) is 54.2 Å². The van der Waals surface area contributed by atoms with Crippen LogP contribution in [0.25, 0.3) is 0 Å². The van der Waals surface area contributed by atoms with Gasteiger partial charge in [-0.2, -0.15) is 17.4 Å². The quantitative estimate of drug-likeness (QED) is 0.709. The summed E-state index contributed by atoms with van der Waals surface area (Å²) in [7, 11) is 0.221. The molecule has 1 aliphatic rings. The highest BCUT2D eigenvalue weighted by Crippen LogP contribution is 2.18. The van der Waals surface area contributed by atoms with Gasteiger partial charge in [0.1, 0.15) is 12.2 Å². The van der Waals surface area contributed by atoms with Crippen molar-refractivity contribution in [3.63, 3.8) is 0 Å². The smallest absolute Gasteiger partial charge is 0.279 e. The van der Waals surface area contributed by atoms with Crippen molar-refractivity contribution in [2.24, 2.45) is 13.0 Å². The van der Waals surface area contributed by atoms with Crippen LogP contribution in [0.5, 0.6) is 0 Å². The molecule has 0 bridgehead atoms. The molecule has 0 aliphatic carbocycles. The lowest BCUT2D eigenvalue weighted by atomic mass is 10.00. The van der Waals surface area contributed by atoms with Crippen molar-refractivity contribution in [1.29, 1.82) is 0 Å². The van der Waals surface area contributed by atoms with Gasteiger partial charge in [0.05, 0.1) is 6.54 Å². The molecule has 1 atom stereocenters. The average molecular weight is 302 g/mol. The van der Waals surface area contributed by atoms with Crippen LogP contribution >= 0.6 is 0 Å². The second kappa shape index (κ2) is 6.61. The molecule has 0 amide bonds. The standard InChI is InChI=1S/C11H22N6O2S/c1-12-6-10-4-3-5-17(8-10)20(18,19)14-7-11-15-13-9-16(11)2/h9-10,12,14H,3-8H2,1-2H3. The van der Waals surface area contributed by atoms with E-state index in [1.165, 1.54) is 4.31 Å². The lowest BCUT2D eigenvalue weighted by Crippen LogP contribution is -2.47. The predicted molar refractivity (Wildman–Crippen MR) is 75.0 cm³/mol. The van der Waals surface area contributed by atoms with Crippen LogP contribution in [0.2, 0.25) is 0 Å². The summed E-state index contributed by atoms with van der Waals surface area (Å²) in [5, 5.41) is 10.7. The van der Waals surface area contributed by atoms with Gasteiger partial charge in [0, 0.05) is 20.1 Å². The molecule has 2 rings (SSSR count). The summed E-state index contributed by atoms with van der Waals surface area (Å²) in [5.74, 6) is 0.970. The van der Waals surface area contributed by atoms with Gasteiger partial charge in [-0.1, -0.05) is 0 Å². The molecule has 2 N–H and O–H groups in total. The third-order valence-electron chi connectivity index (χ3n) is 3.53. The molecule has 1 unspecified atom stereocenters. The number of aromatic nitrogens is 3. The maximum Gasteiger partial charge on any atom is 0.279 e. The molecule has 20 heavy (non-hydrogen) atoms. The van der Waals surface area contributed by atoms with E-state index in [1.54, 1.807) is 17.9 Å². The summed E-state index contributed by atoms with van der Waals surface area (Å²) in [6.07, 6.45) is 3.51. The third-order valence-corrected chi connectivity index (χ3v) is 5.05. The first kappa shape index (κ1) is 15.4. The van der Waals surface area contributed by atoms with Crippen molar-refractivity contribution >= 4 is 10.2 Å². The summed E-state index contributed by atoms with van der Waals surface area (Å²) in [6.45, 7) is 2.14. The Hall–Kier alpha value is -1.03. The first-order valence-electron chi connectivity index (χ1n) is 6.75. The van der Waals surface area contributed by atoms with Crippen LogP contribution < -0.4 is 10.0 Å². The van der Waals surface area contributed by atoms with Crippen LogP contribution in [0.1, 0.15) is 18.7 Å². The topological polar surface area (TPSA) is 92.2 Å². The largest absolute Gasteiger partial charge is 0.320 e. The van der Waals surface area contributed by atoms with Crippen molar-refractivity contribution in [3.8, 4) is 0 Å². The molecule has 114 valence electrons. The number of hydrogen-bond donors (Lipinski definition) is 2. The van der Waals surface area contributed by atoms with Crippen LogP contribution in [-0.2, 0) is 23.8 Å². The Morgan fingerprint density at radius 2 is 2.30 bits per heavy atom. The minimum Gasteiger partial charge on any atom is -0.320 e. The molecule has 1 fully saturated rings. The maximum atomic E-state index is 12.3. The zero-order valence-corrected chi connectivity index (χ0v) is 12.7.